The lowest BCUT2D eigenvalue weighted by Crippen LogP contribution is -2.52. The quantitative estimate of drug-likeness (QED) is 0.912. The van der Waals surface area contributed by atoms with Crippen LogP contribution in [0.3, 0.4) is 0 Å². The summed E-state index contributed by atoms with van der Waals surface area (Å²) in [7, 11) is 0. The van der Waals surface area contributed by atoms with Gasteiger partial charge < -0.3 is 5.73 Å². The van der Waals surface area contributed by atoms with Crippen molar-refractivity contribution >= 4 is 28.7 Å². The second-order valence-electron chi connectivity index (χ2n) is 6.24. The Hall–Kier alpha value is -0.950. The van der Waals surface area contributed by atoms with Crippen LogP contribution in [-0.4, -0.2) is 33.4 Å². The van der Waals surface area contributed by atoms with E-state index in [0.717, 1.165) is 36.7 Å². The van der Waals surface area contributed by atoms with Crippen LogP contribution in [0, 0.1) is 5.41 Å². The van der Waals surface area contributed by atoms with Gasteiger partial charge in [0.05, 0.1) is 5.69 Å². The summed E-state index contributed by atoms with van der Waals surface area (Å²) in [6.45, 7) is 7.04. The molecule has 1 fully saturated rings. The third-order valence-electron chi connectivity index (χ3n) is 4.13. The van der Waals surface area contributed by atoms with Gasteiger partial charge in [-0.05, 0) is 11.8 Å². The van der Waals surface area contributed by atoms with E-state index < -0.39 is 0 Å². The summed E-state index contributed by atoms with van der Waals surface area (Å²) < 4.78 is 1.59. The zero-order valence-corrected chi connectivity index (χ0v) is 13.9. The minimum Gasteiger partial charge on any atom is -0.327 e. The molecule has 1 aliphatic heterocycles. The van der Waals surface area contributed by atoms with Crippen LogP contribution in [0.4, 0.5) is 0 Å². The van der Waals surface area contributed by atoms with Crippen molar-refractivity contribution in [3.05, 3.63) is 33.7 Å². The Morgan fingerprint density at radius 3 is 3.00 bits per heavy atom. The van der Waals surface area contributed by atoms with Gasteiger partial charge in [-0.2, -0.15) is 0 Å². The molecule has 5 nitrogen and oxygen atoms in total. The van der Waals surface area contributed by atoms with Crippen molar-refractivity contribution < 1.29 is 0 Å². The first kappa shape index (κ1) is 16.4. The first-order chi connectivity index (χ1) is 9.45. The van der Waals surface area contributed by atoms with E-state index in [0.29, 0.717) is 0 Å². The van der Waals surface area contributed by atoms with E-state index in [-0.39, 0.29) is 29.4 Å². The normalized spacial score (nSPS) is 22.1. The third-order valence-corrected chi connectivity index (χ3v) is 4.89. The Bertz CT molecular complexity index is 681. The lowest BCUT2D eigenvalue weighted by Gasteiger charge is -2.42. The van der Waals surface area contributed by atoms with Gasteiger partial charge in [-0.15, -0.1) is 23.7 Å². The van der Waals surface area contributed by atoms with Crippen LogP contribution in [0.2, 0.25) is 0 Å². The number of likely N-dealkylation sites (tertiary alicyclic amines) is 1. The van der Waals surface area contributed by atoms with Gasteiger partial charge in [0.2, 0.25) is 0 Å². The highest BCUT2D eigenvalue weighted by Gasteiger charge is 2.33. The van der Waals surface area contributed by atoms with Crippen molar-refractivity contribution in [2.75, 3.05) is 13.1 Å². The van der Waals surface area contributed by atoms with Crippen molar-refractivity contribution in [1.82, 2.24) is 14.3 Å². The number of nitrogens with zero attached hydrogens (tertiary/aromatic N) is 3. The number of hydrogen-bond acceptors (Lipinski definition) is 5. The Morgan fingerprint density at radius 2 is 2.29 bits per heavy atom. The van der Waals surface area contributed by atoms with Gasteiger partial charge in [-0.1, -0.05) is 13.8 Å². The van der Waals surface area contributed by atoms with E-state index in [1.54, 1.807) is 16.7 Å². The maximum absolute atomic E-state index is 12.0. The fourth-order valence-corrected chi connectivity index (χ4v) is 3.56. The number of hydrogen-bond donors (Lipinski definition) is 1. The molecule has 1 saturated heterocycles. The molecule has 3 rings (SSSR count). The maximum Gasteiger partial charge on any atom is 0.258 e. The number of halogens is 1. The Balaban J connectivity index is 0.00000161. The summed E-state index contributed by atoms with van der Waals surface area (Å²) in [5, 5.41) is 1.89. The molecule has 1 aliphatic rings. The molecule has 116 valence electrons. The minimum atomic E-state index is -0.000721. The second-order valence-corrected chi connectivity index (χ2v) is 7.11. The summed E-state index contributed by atoms with van der Waals surface area (Å²) in [5.41, 5.74) is 7.12. The molecule has 0 radical (unpaired) electrons. The second kappa shape index (κ2) is 6.04. The first-order valence-corrected chi connectivity index (χ1v) is 7.77. The highest BCUT2D eigenvalue weighted by atomic mass is 35.5. The Kier molecular flexibility index (Phi) is 4.72. The van der Waals surface area contributed by atoms with Gasteiger partial charge >= 0.3 is 0 Å². The van der Waals surface area contributed by atoms with Gasteiger partial charge in [0, 0.05) is 43.3 Å². The molecule has 0 aliphatic carbocycles. The van der Waals surface area contributed by atoms with Crippen molar-refractivity contribution in [3.63, 3.8) is 0 Å². The number of rotatable bonds is 2. The van der Waals surface area contributed by atoms with E-state index in [1.807, 2.05) is 5.38 Å². The lowest BCUT2D eigenvalue weighted by molar-refractivity contribution is 0.0889. The Labute approximate surface area is 134 Å². The van der Waals surface area contributed by atoms with Crippen molar-refractivity contribution in [2.45, 2.75) is 32.9 Å². The lowest BCUT2D eigenvalue weighted by atomic mass is 9.80. The molecular weight excluding hydrogens is 308 g/mol. The largest absolute Gasteiger partial charge is 0.327 e. The van der Waals surface area contributed by atoms with Gasteiger partial charge in [-0.3, -0.25) is 14.1 Å². The number of piperidine rings is 1. The van der Waals surface area contributed by atoms with Crippen molar-refractivity contribution in [1.29, 1.82) is 0 Å². The highest BCUT2D eigenvalue weighted by Crippen LogP contribution is 2.28. The van der Waals surface area contributed by atoms with Crippen LogP contribution >= 0.6 is 23.7 Å². The van der Waals surface area contributed by atoms with Crippen LogP contribution in [0.5, 0.6) is 0 Å². The van der Waals surface area contributed by atoms with E-state index >= 15 is 0 Å². The standard InChI is InChI=1S/C14H20N4OS.ClH/c1-14(2)9-17(4-3-11(14)15)8-10-7-12(19)18-5-6-20-13(18)16-10;/h5-7,11H,3-4,8-9,15H2,1-2H3;1H. The molecule has 1 unspecified atom stereocenters. The molecule has 0 amide bonds. The number of nitrogens with two attached hydrogens (primary N) is 1. The predicted octanol–water partition coefficient (Wildman–Crippen LogP) is 1.74. The topological polar surface area (TPSA) is 63.6 Å². The van der Waals surface area contributed by atoms with Gasteiger partial charge in [0.25, 0.3) is 5.56 Å². The minimum absolute atomic E-state index is 0. The molecule has 2 aromatic heterocycles. The van der Waals surface area contributed by atoms with Gasteiger partial charge in [0.1, 0.15) is 0 Å². The third kappa shape index (κ3) is 3.29. The van der Waals surface area contributed by atoms with Crippen LogP contribution in [0.1, 0.15) is 26.0 Å². The van der Waals surface area contributed by atoms with Crippen LogP contribution in [-0.2, 0) is 6.54 Å². The summed E-state index contributed by atoms with van der Waals surface area (Å²) in [6, 6.07) is 1.89. The number of thiazole rings is 1. The van der Waals surface area contributed by atoms with Crippen molar-refractivity contribution in [3.8, 4) is 0 Å². The average molecular weight is 329 g/mol. The zero-order chi connectivity index (χ0) is 14.3. The molecule has 0 spiro atoms. The first-order valence-electron chi connectivity index (χ1n) is 6.89. The van der Waals surface area contributed by atoms with E-state index in [1.165, 1.54) is 11.3 Å². The van der Waals surface area contributed by atoms with Crippen molar-refractivity contribution in [2.24, 2.45) is 11.1 Å². The molecule has 2 N–H and O–H groups in total. The fourth-order valence-electron chi connectivity index (χ4n) is 2.82. The average Bonchev–Trinajstić information content (AvgIpc) is 2.82. The van der Waals surface area contributed by atoms with Crippen LogP contribution < -0.4 is 11.3 Å². The maximum atomic E-state index is 12.0. The molecule has 0 bridgehead atoms. The molecular formula is C14H21ClN4OS. The van der Waals surface area contributed by atoms with E-state index in [2.05, 4.69) is 23.7 Å². The molecule has 7 heteroatoms. The zero-order valence-electron chi connectivity index (χ0n) is 12.3. The predicted molar refractivity (Wildman–Crippen MR) is 88.2 cm³/mol. The molecule has 2 aromatic rings. The summed E-state index contributed by atoms with van der Waals surface area (Å²) in [5.74, 6) is 0. The SMILES string of the molecule is CC1(C)CN(Cc2cc(=O)n3ccsc3n2)CCC1N.Cl. The summed E-state index contributed by atoms with van der Waals surface area (Å²) in [6.07, 6.45) is 2.76. The summed E-state index contributed by atoms with van der Waals surface area (Å²) >= 11 is 1.49. The fraction of sp³-hybridized carbons (Fsp3) is 0.571. The van der Waals surface area contributed by atoms with Gasteiger partial charge in [-0.25, -0.2) is 4.98 Å². The summed E-state index contributed by atoms with van der Waals surface area (Å²) in [4.78, 5) is 19.6. The van der Waals surface area contributed by atoms with Gasteiger partial charge in [0.15, 0.2) is 4.96 Å². The molecule has 1 atom stereocenters. The smallest absolute Gasteiger partial charge is 0.258 e. The van der Waals surface area contributed by atoms with E-state index in [9.17, 15) is 4.79 Å². The Morgan fingerprint density at radius 1 is 1.52 bits per heavy atom. The number of fused-ring (bicyclic) bond motifs is 1. The molecule has 21 heavy (non-hydrogen) atoms. The molecule has 3 heterocycles. The monoisotopic (exact) mass is 328 g/mol. The highest BCUT2D eigenvalue weighted by molar-refractivity contribution is 7.15. The van der Waals surface area contributed by atoms with E-state index in [4.69, 9.17) is 5.73 Å². The molecule has 0 aromatic carbocycles. The number of aromatic nitrogens is 2. The molecule has 0 saturated carbocycles. The van der Waals surface area contributed by atoms with Crippen LogP contribution in [0.25, 0.3) is 4.96 Å². The van der Waals surface area contributed by atoms with Crippen LogP contribution in [0.15, 0.2) is 22.4 Å².